The van der Waals surface area contributed by atoms with Gasteiger partial charge in [0.2, 0.25) is 0 Å². The van der Waals surface area contributed by atoms with Crippen molar-refractivity contribution >= 4 is 0 Å². The molecular formula is C18H31NO5. The molecule has 1 rings (SSSR count). The van der Waals surface area contributed by atoms with Crippen molar-refractivity contribution in [2.24, 2.45) is 0 Å². The molecule has 0 aromatic heterocycles. The molecule has 1 aromatic carbocycles. The van der Waals surface area contributed by atoms with Crippen LogP contribution in [0.15, 0.2) is 18.2 Å². The predicted octanol–water partition coefficient (Wildman–Crippen LogP) is 1.33. The average Bonchev–Trinajstić information content (AvgIpc) is 2.55. The number of methoxy groups -OCH3 is 1. The zero-order valence-electron chi connectivity index (χ0n) is 15.2. The lowest BCUT2D eigenvalue weighted by Gasteiger charge is -2.24. The summed E-state index contributed by atoms with van der Waals surface area (Å²) in [6.07, 6.45) is -0.613. The minimum Gasteiger partial charge on any atom is -0.497 e. The lowest BCUT2D eigenvalue weighted by atomic mass is 9.86. The fourth-order valence-corrected chi connectivity index (χ4v) is 2.17. The van der Waals surface area contributed by atoms with Crippen LogP contribution in [-0.2, 0) is 10.2 Å². The van der Waals surface area contributed by atoms with Gasteiger partial charge in [-0.2, -0.15) is 0 Å². The lowest BCUT2D eigenvalue weighted by molar-refractivity contribution is 0.0839. The van der Waals surface area contributed by atoms with E-state index in [4.69, 9.17) is 19.3 Å². The van der Waals surface area contributed by atoms with Crippen LogP contribution in [0.25, 0.3) is 0 Å². The summed E-state index contributed by atoms with van der Waals surface area (Å²) >= 11 is 0. The number of hydrogen-bond donors (Lipinski definition) is 3. The zero-order valence-corrected chi connectivity index (χ0v) is 15.2. The molecule has 1 aromatic rings. The van der Waals surface area contributed by atoms with Crippen molar-refractivity contribution in [3.8, 4) is 11.5 Å². The highest BCUT2D eigenvalue weighted by Crippen LogP contribution is 2.34. The summed E-state index contributed by atoms with van der Waals surface area (Å²) in [5, 5.41) is 21.7. The van der Waals surface area contributed by atoms with Crippen LogP contribution >= 0.6 is 0 Å². The van der Waals surface area contributed by atoms with Gasteiger partial charge in [-0.15, -0.1) is 0 Å². The molecule has 0 fully saturated rings. The van der Waals surface area contributed by atoms with Crippen molar-refractivity contribution in [1.82, 2.24) is 5.32 Å². The van der Waals surface area contributed by atoms with Gasteiger partial charge in [0.1, 0.15) is 24.2 Å². The zero-order chi connectivity index (χ0) is 18.0. The standard InChI is InChI=1S/C18H31NO5/c1-18(2,3)16-11-15(22-4)5-6-17(16)24-13-14(21)12-19-7-9-23-10-8-20/h5-6,11,14,19-21H,7-10,12-13H2,1-4H3. The number of ether oxygens (including phenoxy) is 3. The molecule has 0 spiro atoms. The van der Waals surface area contributed by atoms with Crippen LogP contribution in [0.2, 0.25) is 0 Å². The van der Waals surface area contributed by atoms with E-state index < -0.39 is 6.10 Å². The normalized spacial score (nSPS) is 12.9. The maximum Gasteiger partial charge on any atom is 0.123 e. The van der Waals surface area contributed by atoms with Gasteiger partial charge in [-0.3, -0.25) is 0 Å². The van der Waals surface area contributed by atoms with Crippen LogP contribution in [-0.4, -0.2) is 62.9 Å². The van der Waals surface area contributed by atoms with Crippen molar-refractivity contribution in [2.75, 3.05) is 46.6 Å². The maximum atomic E-state index is 10.0. The third-order valence-electron chi connectivity index (χ3n) is 3.46. The fraction of sp³-hybridized carbons (Fsp3) is 0.667. The van der Waals surface area contributed by atoms with Gasteiger partial charge in [0.25, 0.3) is 0 Å². The fourth-order valence-electron chi connectivity index (χ4n) is 2.17. The molecule has 1 atom stereocenters. The van der Waals surface area contributed by atoms with Gasteiger partial charge in [0.05, 0.1) is 26.9 Å². The van der Waals surface area contributed by atoms with Gasteiger partial charge in [-0.05, 0) is 23.6 Å². The highest BCUT2D eigenvalue weighted by molar-refractivity contribution is 5.44. The molecule has 0 aliphatic carbocycles. The number of aliphatic hydroxyl groups is 2. The second-order valence-corrected chi connectivity index (χ2v) is 6.62. The Kier molecular flexibility index (Phi) is 9.07. The van der Waals surface area contributed by atoms with Gasteiger partial charge in [0.15, 0.2) is 0 Å². The van der Waals surface area contributed by atoms with E-state index in [1.54, 1.807) is 7.11 Å². The van der Waals surface area contributed by atoms with Crippen LogP contribution in [0.5, 0.6) is 11.5 Å². The molecule has 24 heavy (non-hydrogen) atoms. The largest absolute Gasteiger partial charge is 0.497 e. The molecule has 0 heterocycles. The minimum absolute atomic E-state index is 0.0223. The molecule has 0 amide bonds. The number of nitrogens with one attached hydrogen (secondary N) is 1. The van der Waals surface area contributed by atoms with E-state index in [9.17, 15) is 5.11 Å². The predicted molar refractivity (Wildman–Crippen MR) is 94.0 cm³/mol. The molecule has 6 heteroatoms. The van der Waals surface area contributed by atoms with E-state index in [1.807, 2.05) is 18.2 Å². The highest BCUT2D eigenvalue weighted by atomic mass is 16.5. The molecule has 138 valence electrons. The van der Waals surface area contributed by atoms with Crippen LogP contribution in [0.1, 0.15) is 26.3 Å². The molecule has 1 unspecified atom stereocenters. The Labute approximate surface area is 144 Å². The molecule has 0 radical (unpaired) electrons. The molecular weight excluding hydrogens is 310 g/mol. The lowest BCUT2D eigenvalue weighted by Crippen LogP contribution is -2.33. The quantitative estimate of drug-likeness (QED) is 0.527. The van der Waals surface area contributed by atoms with E-state index in [2.05, 4.69) is 26.1 Å². The first-order valence-corrected chi connectivity index (χ1v) is 8.27. The van der Waals surface area contributed by atoms with Crippen molar-refractivity contribution in [2.45, 2.75) is 32.3 Å². The highest BCUT2D eigenvalue weighted by Gasteiger charge is 2.20. The van der Waals surface area contributed by atoms with E-state index in [1.165, 1.54) is 0 Å². The summed E-state index contributed by atoms with van der Waals surface area (Å²) in [5.74, 6) is 1.55. The smallest absolute Gasteiger partial charge is 0.123 e. The Morgan fingerprint density at radius 1 is 1.21 bits per heavy atom. The maximum absolute atomic E-state index is 10.0. The second-order valence-electron chi connectivity index (χ2n) is 6.62. The summed E-state index contributed by atoms with van der Waals surface area (Å²) in [5.41, 5.74) is 0.955. The first-order valence-electron chi connectivity index (χ1n) is 8.27. The molecule has 0 aliphatic rings. The summed E-state index contributed by atoms with van der Waals surface area (Å²) in [6.45, 7) is 8.43. The summed E-state index contributed by atoms with van der Waals surface area (Å²) in [7, 11) is 1.64. The van der Waals surface area contributed by atoms with Gasteiger partial charge < -0.3 is 29.7 Å². The Bertz CT molecular complexity index is 473. The second kappa shape index (κ2) is 10.5. The van der Waals surface area contributed by atoms with Crippen LogP contribution in [0, 0.1) is 0 Å². The first kappa shape index (κ1) is 20.7. The van der Waals surface area contributed by atoms with Crippen LogP contribution < -0.4 is 14.8 Å². The Balaban J connectivity index is 2.46. The molecule has 0 saturated carbocycles. The van der Waals surface area contributed by atoms with Crippen molar-refractivity contribution < 1.29 is 24.4 Å². The summed E-state index contributed by atoms with van der Waals surface area (Å²) in [6, 6.07) is 5.70. The molecule has 0 aliphatic heterocycles. The Morgan fingerprint density at radius 2 is 1.96 bits per heavy atom. The Hall–Kier alpha value is -1.34. The van der Waals surface area contributed by atoms with Crippen LogP contribution in [0.3, 0.4) is 0 Å². The van der Waals surface area contributed by atoms with E-state index in [0.717, 1.165) is 17.1 Å². The SMILES string of the molecule is COc1ccc(OCC(O)CNCCOCCO)c(C(C)(C)C)c1. The molecule has 0 saturated heterocycles. The van der Waals surface area contributed by atoms with Crippen LogP contribution in [0.4, 0.5) is 0 Å². The molecule has 0 bridgehead atoms. The minimum atomic E-state index is -0.613. The monoisotopic (exact) mass is 341 g/mol. The van der Waals surface area contributed by atoms with Gasteiger partial charge in [-0.25, -0.2) is 0 Å². The van der Waals surface area contributed by atoms with Crippen molar-refractivity contribution in [3.05, 3.63) is 23.8 Å². The van der Waals surface area contributed by atoms with Gasteiger partial charge in [-0.1, -0.05) is 20.8 Å². The van der Waals surface area contributed by atoms with Gasteiger partial charge in [0, 0.05) is 18.7 Å². The molecule has 3 N–H and O–H groups in total. The average molecular weight is 341 g/mol. The van der Waals surface area contributed by atoms with E-state index in [0.29, 0.717) is 26.3 Å². The summed E-state index contributed by atoms with van der Waals surface area (Å²) < 4.78 is 16.2. The summed E-state index contributed by atoms with van der Waals surface area (Å²) in [4.78, 5) is 0. The number of rotatable bonds is 11. The first-order chi connectivity index (χ1) is 11.4. The van der Waals surface area contributed by atoms with Crippen molar-refractivity contribution in [3.63, 3.8) is 0 Å². The molecule has 6 nitrogen and oxygen atoms in total. The van der Waals surface area contributed by atoms with E-state index >= 15 is 0 Å². The number of benzene rings is 1. The Morgan fingerprint density at radius 3 is 2.58 bits per heavy atom. The van der Waals surface area contributed by atoms with Crippen molar-refractivity contribution in [1.29, 1.82) is 0 Å². The topological polar surface area (TPSA) is 80.2 Å². The number of hydrogen-bond acceptors (Lipinski definition) is 6. The third-order valence-corrected chi connectivity index (χ3v) is 3.46. The third kappa shape index (κ3) is 7.49. The van der Waals surface area contributed by atoms with E-state index in [-0.39, 0.29) is 18.6 Å². The van der Waals surface area contributed by atoms with Gasteiger partial charge >= 0.3 is 0 Å². The number of aliphatic hydroxyl groups excluding tert-OH is 2.